The van der Waals surface area contributed by atoms with Gasteiger partial charge < -0.3 is 4.90 Å². The van der Waals surface area contributed by atoms with Gasteiger partial charge in [0.1, 0.15) is 0 Å². The van der Waals surface area contributed by atoms with E-state index in [0.717, 1.165) is 16.4 Å². The van der Waals surface area contributed by atoms with E-state index in [4.69, 9.17) is 28.2 Å². The lowest BCUT2D eigenvalue weighted by atomic mass is 10.1. The number of sulfone groups is 1. The maximum absolute atomic E-state index is 13.0. The summed E-state index contributed by atoms with van der Waals surface area (Å²) in [5.74, 6) is 0. The minimum Gasteiger partial charge on any atom is -0.348 e. The molecular weight excluding hydrogens is 447 g/mol. The third-order valence-corrected chi connectivity index (χ3v) is 8.81. The van der Waals surface area contributed by atoms with E-state index in [1.54, 1.807) is 17.4 Å². The van der Waals surface area contributed by atoms with Crippen molar-refractivity contribution in [3.63, 3.8) is 0 Å². The summed E-state index contributed by atoms with van der Waals surface area (Å²) < 4.78 is 26.0. The van der Waals surface area contributed by atoms with Crippen LogP contribution in [0, 0.1) is 6.92 Å². The first kappa shape index (κ1) is 20.7. The summed E-state index contributed by atoms with van der Waals surface area (Å²) in [4.78, 5) is 7.16. The Morgan fingerprint density at radius 2 is 1.72 bits per heavy atom. The molecule has 0 unspecified atom stereocenters. The first-order valence-electron chi connectivity index (χ1n) is 9.31. The fraction of sp³-hybridized carbons (Fsp3) is 0.286. The number of aromatic nitrogens is 1. The normalized spacial score (nSPS) is 15.6. The first-order chi connectivity index (χ1) is 13.8. The molecule has 0 saturated carbocycles. The average Bonchev–Trinajstić information content (AvgIpc) is 3.17. The first-order valence-corrected chi connectivity index (χ1v) is 12.5. The molecule has 1 aromatic heterocycles. The Labute approximate surface area is 185 Å². The van der Waals surface area contributed by atoms with Crippen molar-refractivity contribution < 1.29 is 8.42 Å². The predicted molar refractivity (Wildman–Crippen MR) is 121 cm³/mol. The summed E-state index contributed by atoms with van der Waals surface area (Å²) in [7, 11) is -3.47. The molecule has 8 heteroatoms. The van der Waals surface area contributed by atoms with Gasteiger partial charge in [-0.15, -0.1) is 11.3 Å². The molecule has 1 aliphatic heterocycles. The van der Waals surface area contributed by atoms with Gasteiger partial charge in [-0.2, -0.15) is 0 Å². The van der Waals surface area contributed by atoms with Gasteiger partial charge in [0.2, 0.25) is 0 Å². The Hall–Kier alpha value is -1.60. The molecule has 0 N–H and O–H groups in total. The molecule has 0 atom stereocenters. The number of rotatable bonds is 4. The third kappa shape index (κ3) is 4.31. The van der Waals surface area contributed by atoms with Crippen molar-refractivity contribution in [2.24, 2.45) is 0 Å². The van der Waals surface area contributed by atoms with Crippen LogP contribution in [0.5, 0.6) is 0 Å². The van der Waals surface area contributed by atoms with Crippen LogP contribution in [-0.4, -0.2) is 31.7 Å². The number of hydrogen-bond donors (Lipinski definition) is 0. The van der Waals surface area contributed by atoms with Gasteiger partial charge in [0, 0.05) is 34.1 Å². The van der Waals surface area contributed by atoms with E-state index in [0.29, 0.717) is 36.0 Å². The number of benzene rings is 2. The van der Waals surface area contributed by atoms with Crippen molar-refractivity contribution >= 4 is 49.5 Å². The van der Waals surface area contributed by atoms with Crippen LogP contribution in [0.15, 0.2) is 52.7 Å². The van der Waals surface area contributed by atoms with Gasteiger partial charge >= 0.3 is 0 Å². The number of piperidine rings is 1. The van der Waals surface area contributed by atoms with Gasteiger partial charge in [-0.3, -0.25) is 0 Å². The maximum atomic E-state index is 13.0. The third-order valence-electron chi connectivity index (χ3n) is 5.23. The van der Waals surface area contributed by atoms with Crippen molar-refractivity contribution in [1.82, 2.24) is 4.98 Å². The van der Waals surface area contributed by atoms with E-state index in [2.05, 4.69) is 29.3 Å². The quantitative estimate of drug-likeness (QED) is 0.482. The van der Waals surface area contributed by atoms with Crippen LogP contribution in [0.1, 0.15) is 18.4 Å². The highest BCUT2D eigenvalue weighted by Crippen LogP contribution is 2.33. The van der Waals surface area contributed by atoms with Gasteiger partial charge in [-0.1, -0.05) is 47.5 Å². The molecule has 152 valence electrons. The maximum Gasteiger partial charge on any atom is 0.185 e. The summed E-state index contributed by atoms with van der Waals surface area (Å²) >= 11 is 13.6. The lowest BCUT2D eigenvalue weighted by Gasteiger charge is -2.31. The number of thiazole rings is 1. The van der Waals surface area contributed by atoms with Crippen molar-refractivity contribution in [3.05, 3.63) is 63.5 Å². The van der Waals surface area contributed by atoms with E-state index in [-0.39, 0.29) is 4.90 Å². The molecule has 2 heterocycles. The molecule has 0 spiro atoms. The molecule has 0 amide bonds. The van der Waals surface area contributed by atoms with Crippen LogP contribution < -0.4 is 4.90 Å². The van der Waals surface area contributed by atoms with E-state index >= 15 is 0 Å². The summed E-state index contributed by atoms with van der Waals surface area (Å²) in [5, 5.41) is 3.23. The predicted octanol–water partition coefficient (Wildman–Crippen LogP) is 5.87. The number of halogens is 2. The van der Waals surface area contributed by atoms with Crippen LogP contribution in [0.25, 0.3) is 11.3 Å². The fourth-order valence-corrected chi connectivity index (χ4v) is 6.97. The van der Waals surface area contributed by atoms with Crippen molar-refractivity contribution in [1.29, 1.82) is 0 Å². The Morgan fingerprint density at radius 1 is 1.07 bits per heavy atom. The smallest absolute Gasteiger partial charge is 0.185 e. The van der Waals surface area contributed by atoms with E-state index < -0.39 is 15.1 Å². The summed E-state index contributed by atoms with van der Waals surface area (Å²) in [6, 6.07) is 12.7. The van der Waals surface area contributed by atoms with Gasteiger partial charge in [0.15, 0.2) is 15.0 Å². The van der Waals surface area contributed by atoms with Gasteiger partial charge in [0.05, 0.1) is 15.8 Å². The van der Waals surface area contributed by atoms with Crippen LogP contribution >= 0.6 is 34.5 Å². The Kier molecular flexibility index (Phi) is 5.89. The highest BCUT2D eigenvalue weighted by atomic mass is 35.5. The molecular formula is C21H20Cl2N2O2S2. The molecule has 2 aromatic carbocycles. The minimum atomic E-state index is -3.47. The lowest BCUT2D eigenvalue weighted by molar-refractivity contribution is 0.529. The molecule has 3 aromatic rings. The Balaban J connectivity index is 1.48. The molecule has 29 heavy (non-hydrogen) atoms. The van der Waals surface area contributed by atoms with Crippen molar-refractivity contribution in [3.8, 4) is 11.3 Å². The summed E-state index contributed by atoms with van der Waals surface area (Å²) in [5.41, 5.74) is 3.28. The van der Waals surface area contributed by atoms with Gasteiger partial charge in [-0.25, -0.2) is 13.4 Å². The summed E-state index contributed by atoms with van der Waals surface area (Å²) in [6.45, 7) is 3.38. The fourth-order valence-electron chi connectivity index (χ4n) is 3.64. The van der Waals surface area contributed by atoms with Crippen LogP contribution in [0.2, 0.25) is 10.0 Å². The largest absolute Gasteiger partial charge is 0.348 e. The standard InChI is InChI=1S/C21H20Cl2N2O2S2/c1-14-4-2-3-5-19(14)20-13-28-21(24-20)25-8-6-17(7-9-25)29(26,27)18-11-15(22)10-16(23)12-18/h2-5,10-13,17H,6-9H2,1H3. The zero-order chi connectivity index (χ0) is 20.6. The average molecular weight is 467 g/mol. The second kappa shape index (κ2) is 8.26. The highest BCUT2D eigenvalue weighted by molar-refractivity contribution is 7.92. The molecule has 1 saturated heterocycles. The summed E-state index contributed by atoms with van der Waals surface area (Å²) in [6.07, 6.45) is 1.09. The molecule has 0 aliphatic carbocycles. The van der Waals surface area contributed by atoms with Gasteiger partial charge in [-0.05, 0) is 43.5 Å². The van der Waals surface area contributed by atoms with E-state index in [1.165, 1.54) is 17.7 Å². The highest BCUT2D eigenvalue weighted by Gasteiger charge is 2.32. The molecule has 1 aliphatic rings. The Morgan fingerprint density at radius 3 is 2.38 bits per heavy atom. The van der Waals surface area contributed by atoms with Crippen molar-refractivity contribution in [2.45, 2.75) is 29.9 Å². The number of aryl methyl sites for hydroxylation is 1. The van der Waals surface area contributed by atoms with Crippen LogP contribution in [-0.2, 0) is 9.84 Å². The number of nitrogens with zero attached hydrogens (tertiary/aromatic N) is 2. The van der Waals surface area contributed by atoms with Crippen molar-refractivity contribution in [2.75, 3.05) is 18.0 Å². The topological polar surface area (TPSA) is 50.3 Å². The monoisotopic (exact) mass is 466 g/mol. The number of anilines is 1. The molecule has 0 bridgehead atoms. The van der Waals surface area contributed by atoms with Crippen LogP contribution in [0.3, 0.4) is 0 Å². The second-order valence-electron chi connectivity index (χ2n) is 7.17. The number of hydrogen-bond acceptors (Lipinski definition) is 5. The molecule has 0 radical (unpaired) electrons. The molecule has 4 nitrogen and oxygen atoms in total. The Bertz CT molecular complexity index is 1120. The zero-order valence-corrected chi connectivity index (χ0v) is 19.0. The minimum absolute atomic E-state index is 0.199. The second-order valence-corrected chi connectivity index (χ2v) is 11.1. The SMILES string of the molecule is Cc1ccccc1-c1csc(N2CCC(S(=O)(=O)c3cc(Cl)cc(Cl)c3)CC2)n1. The zero-order valence-electron chi connectivity index (χ0n) is 15.8. The van der Waals surface area contributed by atoms with Gasteiger partial charge in [0.25, 0.3) is 0 Å². The molecule has 4 rings (SSSR count). The van der Waals surface area contributed by atoms with E-state index in [1.807, 2.05) is 12.1 Å². The van der Waals surface area contributed by atoms with E-state index in [9.17, 15) is 8.42 Å². The molecule has 1 fully saturated rings. The van der Waals surface area contributed by atoms with Crippen LogP contribution in [0.4, 0.5) is 5.13 Å². The lowest BCUT2D eigenvalue weighted by Crippen LogP contribution is -2.39.